The summed E-state index contributed by atoms with van der Waals surface area (Å²) in [5.41, 5.74) is 2.56. The molecule has 8 nitrogen and oxygen atoms in total. The van der Waals surface area contributed by atoms with Crippen LogP contribution in [0.25, 0.3) is 22.3 Å². The van der Waals surface area contributed by atoms with Crippen molar-refractivity contribution in [3.8, 4) is 17.1 Å². The normalized spacial score (nSPS) is 18.3. The molecule has 1 amide bonds. The number of phenolic OH excluding ortho intramolecular Hbond substituents is 1. The van der Waals surface area contributed by atoms with Gasteiger partial charge in [0.05, 0.1) is 17.2 Å². The third-order valence-corrected chi connectivity index (χ3v) is 6.19. The average molecular weight is 451 g/mol. The molecule has 0 saturated carbocycles. The Labute approximate surface area is 194 Å². The van der Waals surface area contributed by atoms with Crippen LogP contribution in [0.1, 0.15) is 19.8 Å². The van der Waals surface area contributed by atoms with Crippen LogP contribution >= 0.6 is 0 Å². The second kappa shape index (κ2) is 9.23. The summed E-state index contributed by atoms with van der Waals surface area (Å²) in [7, 11) is 0. The van der Waals surface area contributed by atoms with E-state index in [0.717, 1.165) is 54.8 Å². The molecule has 3 aromatic rings. The van der Waals surface area contributed by atoms with E-state index in [9.17, 15) is 9.90 Å². The molecule has 174 valence electrons. The van der Waals surface area contributed by atoms with Crippen molar-refractivity contribution >= 4 is 22.8 Å². The number of carbonyl (C=O) groups excluding carboxylic acids is 1. The fourth-order valence-corrected chi connectivity index (χ4v) is 4.34. The molecule has 2 aromatic carbocycles. The number of carbonyl (C=O) groups is 1. The quantitative estimate of drug-likeness (QED) is 0.588. The van der Waals surface area contributed by atoms with E-state index >= 15 is 0 Å². The summed E-state index contributed by atoms with van der Waals surface area (Å²) in [6.45, 7) is 5.18. The minimum atomic E-state index is -0.395. The lowest BCUT2D eigenvalue weighted by Crippen LogP contribution is -2.52. The first kappa shape index (κ1) is 21.5. The molecule has 3 heterocycles. The van der Waals surface area contributed by atoms with Crippen molar-refractivity contribution in [2.75, 3.05) is 37.7 Å². The predicted octanol–water partition coefficient (Wildman–Crippen LogP) is 3.90. The lowest BCUT2D eigenvalue weighted by molar-refractivity contribution is 0.0434. The lowest BCUT2D eigenvalue weighted by atomic mass is 9.99. The molecule has 0 spiro atoms. The van der Waals surface area contributed by atoms with Crippen LogP contribution in [0.5, 0.6) is 5.75 Å². The number of hydrogen-bond donors (Lipinski definition) is 2. The van der Waals surface area contributed by atoms with Gasteiger partial charge in [-0.25, -0.2) is 14.8 Å². The first-order chi connectivity index (χ1) is 16.1. The number of alkyl carbamates (subject to hydrolysis) is 1. The van der Waals surface area contributed by atoms with Crippen molar-refractivity contribution in [2.45, 2.75) is 25.9 Å². The Morgan fingerprint density at radius 3 is 2.91 bits per heavy atom. The van der Waals surface area contributed by atoms with Gasteiger partial charge in [0.1, 0.15) is 18.2 Å². The zero-order valence-electron chi connectivity index (χ0n) is 18.7. The van der Waals surface area contributed by atoms with E-state index in [1.807, 2.05) is 31.2 Å². The number of amides is 1. The molecule has 0 radical (unpaired) electrons. The Hall–Kier alpha value is -3.39. The zero-order chi connectivity index (χ0) is 22.8. The minimum Gasteiger partial charge on any atom is -0.507 e. The highest BCUT2D eigenvalue weighted by molar-refractivity contribution is 5.92. The summed E-state index contributed by atoms with van der Waals surface area (Å²) in [6, 6.07) is 13.2. The van der Waals surface area contributed by atoms with Crippen LogP contribution in [0, 0.1) is 12.8 Å². The van der Waals surface area contributed by atoms with Crippen LogP contribution < -0.4 is 10.2 Å². The summed E-state index contributed by atoms with van der Waals surface area (Å²) in [4.78, 5) is 23.7. The number of nitrogens with one attached hydrogen (secondary N) is 1. The second-order valence-electron chi connectivity index (χ2n) is 8.79. The zero-order valence-corrected chi connectivity index (χ0v) is 18.7. The third kappa shape index (κ3) is 4.71. The Balaban J connectivity index is 0.00000274. The highest BCUT2D eigenvalue weighted by Gasteiger charge is 2.30. The molecular formula is C25H30N4O4. The number of ether oxygens (including phenoxy) is 2. The highest BCUT2D eigenvalue weighted by atomic mass is 16.6. The number of rotatable bonds is 6. The van der Waals surface area contributed by atoms with Crippen LogP contribution in [0.3, 0.4) is 0 Å². The maximum Gasteiger partial charge on any atom is 0.407 e. The monoisotopic (exact) mass is 450 g/mol. The standard InChI is InChI=1S/C25H28N4O4.H2/c1-16-8-9-19-21(11-16)27-23(20-6-2-3-7-22(20)30)28-24(19)29-13-17(14-29)12-26-25(31)33-15-18-5-4-10-32-18;/h2-3,6-9,11,17-18,30H,4-5,10,12-15H2,1H3,(H,26,31);1H. The summed E-state index contributed by atoms with van der Waals surface area (Å²) >= 11 is 0. The van der Waals surface area contributed by atoms with Gasteiger partial charge in [0.25, 0.3) is 0 Å². The predicted molar refractivity (Wildman–Crippen MR) is 128 cm³/mol. The molecule has 8 heteroatoms. The van der Waals surface area contributed by atoms with E-state index in [1.165, 1.54) is 0 Å². The van der Waals surface area contributed by atoms with E-state index in [2.05, 4.69) is 16.3 Å². The number of anilines is 1. The molecule has 2 aliphatic rings. The first-order valence-electron chi connectivity index (χ1n) is 11.4. The van der Waals surface area contributed by atoms with E-state index in [-0.39, 0.29) is 13.3 Å². The van der Waals surface area contributed by atoms with Crippen molar-refractivity contribution in [3.63, 3.8) is 0 Å². The Morgan fingerprint density at radius 2 is 2.12 bits per heavy atom. The fourth-order valence-electron chi connectivity index (χ4n) is 4.34. The van der Waals surface area contributed by atoms with Gasteiger partial charge in [-0.05, 0) is 49.6 Å². The minimum absolute atomic E-state index is 0. The Kier molecular flexibility index (Phi) is 6.00. The molecule has 2 aliphatic heterocycles. The van der Waals surface area contributed by atoms with Gasteiger partial charge >= 0.3 is 6.09 Å². The smallest absolute Gasteiger partial charge is 0.407 e. The van der Waals surface area contributed by atoms with Gasteiger partial charge in [-0.1, -0.05) is 18.2 Å². The number of benzene rings is 2. The van der Waals surface area contributed by atoms with Gasteiger partial charge in [-0.15, -0.1) is 0 Å². The Bertz CT molecular complexity index is 1160. The molecular weight excluding hydrogens is 420 g/mol. The lowest BCUT2D eigenvalue weighted by Gasteiger charge is -2.40. The highest BCUT2D eigenvalue weighted by Crippen LogP contribution is 2.34. The number of fused-ring (bicyclic) bond motifs is 1. The molecule has 0 aliphatic carbocycles. The summed E-state index contributed by atoms with van der Waals surface area (Å²) in [5, 5.41) is 14.1. The number of phenols is 1. The molecule has 2 fully saturated rings. The van der Waals surface area contributed by atoms with Crippen LogP contribution in [0.15, 0.2) is 42.5 Å². The van der Waals surface area contributed by atoms with E-state index in [0.29, 0.717) is 30.5 Å². The SMILES string of the molecule is Cc1ccc2c(N3CC(CNC(=O)OCC4CCCO4)C3)nc(-c3ccccc3O)nc2c1.[HH]. The number of nitrogens with zero attached hydrogens (tertiary/aromatic N) is 3. The largest absolute Gasteiger partial charge is 0.507 e. The van der Waals surface area contributed by atoms with Gasteiger partial charge in [-0.2, -0.15) is 0 Å². The molecule has 5 rings (SSSR count). The van der Waals surface area contributed by atoms with Crippen molar-refractivity contribution in [1.82, 2.24) is 15.3 Å². The van der Waals surface area contributed by atoms with Crippen molar-refractivity contribution in [2.24, 2.45) is 5.92 Å². The molecule has 2 saturated heterocycles. The first-order valence-corrected chi connectivity index (χ1v) is 11.4. The molecule has 0 bridgehead atoms. The van der Waals surface area contributed by atoms with Crippen LogP contribution in [0.4, 0.5) is 10.6 Å². The molecule has 1 atom stereocenters. The number of aromatic nitrogens is 2. The van der Waals surface area contributed by atoms with Crippen LogP contribution in [0.2, 0.25) is 0 Å². The van der Waals surface area contributed by atoms with Gasteiger partial charge < -0.3 is 24.8 Å². The van der Waals surface area contributed by atoms with Crippen LogP contribution in [-0.2, 0) is 9.47 Å². The maximum absolute atomic E-state index is 12.0. The molecule has 1 unspecified atom stereocenters. The van der Waals surface area contributed by atoms with E-state index < -0.39 is 6.09 Å². The van der Waals surface area contributed by atoms with Crippen molar-refractivity contribution in [3.05, 3.63) is 48.0 Å². The summed E-state index contributed by atoms with van der Waals surface area (Å²) < 4.78 is 10.7. The van der Waals surface area contributed by atoms with Crippen LogP contribution in [-0.4, -0.2) is 60.1 Å². The molecule has 33 heavy (non-hydrogen) atoms. The Morgan fingerprint density at radius 1 is 1.27 bits per heavy atom. The topological polar surface area (TPSA) is 96.8 Å². The fraction of sp³-hybridized carbons (Fsp3) is 0.400. The van der Waals surface area contributed by atoms with Crippen molar-refractivity contribution < 1.29 is 20.8 Å². The number of hydrogen-bond acceptors (Lipinski definition) is 7. The van der Waals surface area contributed by atoms with E-state index in [1.54, 1.807) is 12.1 Å². The molecule has 2 N–H and O–H groups in total. The number of aromatic hydroxyl groups is 1. The molecule has 1 aromatic heterocycles. The summed E-state index contributed by atoms with van der Waals surface area (Å²) in [5.74, 6) is 1.81. The number of para-hydroxylation sites is 1. The maximum atomic E-state index is 12.0. The van der Waals surface area contributed by atoms with Gasteiger partial charge in [0.15, 0.2) is 5.82 Å². The summed E-state index contributed by atoms with van der Waals surface area (Å²) in [6.07, 6.45) is 1.60. The van der Waals surface area contributed by atoms with E-state index in [4.69, 9.17) is 19.4 Å². The van der Waals surface area contributed by atoms with Gasteiger partial charge in [0, 0.05) is 39.0 Å². The average Bonchev–Trinajstić information content (AvgIpc) is 3.30. The third-order valence-electron chi connectivity index (χ3n) is 6.19. The van der Waals surface area contributed by atoms with Crippen molar-refractivity contribution in [1.29, 1.82) is 0 Å². The number of aryl methyl sites for hydroxylation is 1. The van der Waals surface area contributed by atoms with Gasteiger partial charge in [-0.3, -0.25) is 0 Å². The second-order valence-corrected chi connectivity index (χ2v) is 8.79. The van der Waals surface area contributed by atoms with Gasteiger partial charge in [0.2, 0.25) is 0 Å².